The molecule has 0 saturated heterocycles. The average Bonchev–Trinajstić information content (AvgIpc) is 2.90. The molecule has 196 valence electrons. The average molecular weight is 535 g/mol. The van der Waals surface area contributed by atoms with Crippen molar-refractivity contribution in [3.8, 4) is 5.75 Å². The van der Waals surface area contributed by atoms with Crippen molar-refractivity contribution in [2.24, 2.45) is 0 Å². The van der Waals surface area contributed by atoms with Crippen molar-refractivity contribution in [3.05, 3.63) is 83.4 Å². The normalized spacial score (nSPS) is 14.5. The van der Waals surface area contributed by atoms with Crippen LogP contribution in [-0.4, -0.2) is 44.9 Å². The van der Waals surface area contributed by atoms with Gasteiger partial charge >= 0.3 is 6.18 Å². The topological polar surface area (TPSA) is 95.9 Å². The lowest BCUT2D eigenvalue weighted by atomic mass is 10.1. The number of ether oxygens (including phenoxy) is 1. The lowest BCUT2D eigenvalue weighted by Gasteiger charge is -2.32. The van der Waals surface area contributed by atoms with Crippen LogP contribution in [0.1, 0.15) is 34.5 Å². The van der Waals surface area contributed by atoms with E-state index in [2.05, 4.69) is 5.32 Å². The number of carbonyl (C=O) groups is 1. The Kier molecular flexibility index (Phi) is 7.47. The van der Waals surface area contributed by atoms with E-state index in [-0.39, 0.29) is 16.2 Å². The van der Waals surface area contributed by atoms with Crippen LogP contribution in [-0.2, 0) is 16.0 Å². The van der Waals surface area contributed by atoms with Gasteiger partial charge in [0.25, 0.3) is 5.91 Å². The minimum atomic E-state index is -4.44. The van der Waals surface area contributed by atoms with E-state index in [1.807, 2.05) is 0 Å². The van der Waals surface area contributed by atoms with E-state index >= 15 is 0 Å². The number of halogens is 3. The Morgan fingerprint density at radius 1 is 1.08 bits per heavy atom. The summed E-state index contributed by atoms with van der Waals surface area (Å²) in [4.78, 5) is 15.0. The molecule has 0 radical (unpaired) electrons. The van der Waals surface area contributed by atoms with Gasteiger partial charge in [-0.05, 0) is 60.2 Å². The van der Waals surface area contributed by atoms with Gasteiger partial charge in [-0.15, -0.1) is 0 Å². The molecule has 3 aromatic rings. The van der Waals surface area contributed by atoms with Crippen molar-refractivity contribution in [1.82, 2.24) is 5.32 Å². The van der Waals surface area contributed by atoms with Crippen LogP contribution in [0.5, 0.6) is 5.75 Å². The summed E-state index contributed by atoms with van der Waals surface area (Å²) >= 11 is 0. The second kappa shape index (κ2) is 10.4. The van der Waals surface area contributed by atoms with Crippen molar-refractivity contribution in [2.45, 2.75) is 24.0 Å². The predicted octanol–water partition coefficient (Wildman–Crippen LogP) is 4.49. The molecule has 1 amide bonds. The minimum absolute atomic E-state index is 0.0436. The first-order chi connectivity index (χ1) is 17.5. The maximum Gasteiger partial charge on any atom is 0.416 e. The zero-order valence-corrected chi connectivity index (χ0v) is 20.6. The van der Waals surface area contributed by atoms with E-state index < -0.39 is 40.1 Å². The number of fused-ring (bicyclic) bond motifs is 1. The fourth-order valence-electron chi connectivity index (χ4n) is 4.01. The van der Waals surface area contributed by atoms with Gasteiger partial charge in [0.15, 0.2) is 9.84 Å². The number of hydrogen-bond donors (Lipinski definition) is 2. The number of nitrogens with one attached hydrogen (secondary N) is 1. The van der Waals surface area contributed by atoms with E-state index in [0.717, 1.165) is 12.1 Å². The van der Waals surface area contributed by atoms with Crippen LogP contribution in [0, 0.1) is 0 Å². The molecule has 1 aliphatic heterocycles. The van der Waals surface area contributed by atoms with Crippen molar-refractivity contribution in [1.29, 1.82) is 0 Å². The summed E-state index contributed by atoms with van der Waals surface area (Å²) in [5, 5.41) is 12.6. The standard InChI is InChI=1S/C26H25F3N2O5S/c1-2-37(34,35)21-10-3-17(4-11-21)22(16-32)30-25(33)18-5-12-24-23(15-18)31(13-14-36-24)20-8-6-19(7-9-20)26(27,28)29/h3-12,15,22,32H,2,13-14,16H2,1H3,(H,30,33)/t22-/m0/s1. The van der Waals surface area contributed by atoms with Gasteiger partial charge in [-0.2, -0.15) is 13.2 Å². The van der Waals surface area contributed by atoms with Crippen LogP contribution in [0.2, 0.25) is 0 Å². The fraction of sp³-hybridized carbons (Fsp3) is 0.269. The number of aliphatic hydroxyl groups is 1. The number of alkyl halides is 3. The van der Waals surface area contributed by atoms with E-state index in [9.17, 15) is 31.5 Å². The zero-order valence-electron chi connectivity index (χ0n) is 19.8. The fourth-order valence-corrected chi connectivity index (χ4v) is 4.89. The van der Waals surface area contributed by atoms with Crippen LogP contribution in [0.4, 0.5) is 24.5 Å². The highest BCUT2D eigenvalue weighted by atomic mass is 32.2. The van der Waals surface area contributed by atoms with Gasteiger partial charge in [-0.1, -0.05) is 19.1 Å². The molecule has 1 aliphatic rings. The molecule has 0 aromatic heterocycles. The SMILES string of the molecule is CCS(=O)(=O)c1ccc([C@H](CO)NC(=O)c2ccc3c(c2)N(c2ccc(C(F)(F)F)cc2)CCO3)cc1. The van der Waals surface area contributed by atoms with Crippen LogP contribution in [0.3, 0.4) is 0 Å². The molecule has 0 bridgehead atoms. The first-order valence-electron chi connectivity index (χ1n) is 11.5. The third-order valence-corrected chi connectivity index (χ3v) is 7.85. The summed E-state index contributed by atoms with van der Waals surface area (Å²) in [6.45, 7) is 1.81. The third-order valence-electron chi connectivity index (χ3n) is 6.10. The summed E-state index contributed by atoms with van der Waals surface area (Å²) < 4.78 is 68.6. The lowest BCUT2D eigenvalue weighted by molar-refractivity contribution is -0.137. The first-order valence-corrected chi connectivity index (χ1v) is 13.1. The summed E-state index contributed by atoms with van der Waals surface area (Å²) in [7, 11) is -3.38. The van der Waals surface area contributed by atoms with E-state index in [1.165, 1.54) is 36.4 Å². The summed E-state index contributed by atoms with van der Waals surface area (Å²) in [6.07, 6.45) is -4.44. The Labute approximate surface area is 212 Å². The lowest BCUT2D eigenvalue weighted by Crippen LogP contribution is -2.32. The second-order valence-corrected chi connectivity index (χ2v) is 10.7. The molecule has 37 heavy (non-hydrogen) atoms. The Balaban J connectivity index is 1.56. The number of rotatable bonds is 7. The van der Waals surface area contributed by atoms with Gasteiger partial charge in [0, 0.05) is 11.3 Å². The van der Waals surface area contributed by atoms with Crippen LogP contribution in [0.15, 0.2) is 71.6 Å². The van der Waals surface area contributed by atoms with Gasteiger partial charge in [-0.25, -0.2) is 8.42 Å². The zero-order chi connectivity index (χ0) is 26.8. The maximum absolute atomic E-state index is 13.0. The number of nitrogens with zero attached hydrogens (tertiary/aromatic N) is 1. The van der Waals surface area contributed by atoms with E-state index in [4.69, 9.17) is 4.74 Å². The van der Waals surface area contributed by atoms with Crippen LogP contribution >= 0.6 is 0 Å². The number of benzene rings is 3. The number of carbonyl (C=O) groups excluding carboxylic acids is 1. The first kappa shape index (κ1) is 26.5. The molecule has 11 heteroatoms. The Morgan fingerprint density at radius 3 is 2.35 bits per heavy atom. The Bertz CT molecular complexity index is 1370. The molecule has 4 rings (SSSR count). The highest BCUT2D eigenvalue weighted by Gasteiger charge is 2.30. The molecule has 1 heterocycles. The number of aliphatic hydroxyl groups excluding tert-OH is 1. The summed E-state index contributed by atoms with van der Waals surface area (Å²) in [5.41, 5.74) is 1.07. The molecule has 1 atom stereocenters. The molecule has 0 unspecified atom stereocenters. The Hall–Kier alpha value is -3.57. The third kappa shape index (κ3) is 5.72. The highest BCUT2D eigenvalue weighted by molar-refractivity contribution is 7.91. The number of amides is 1. The van der Waals surface area contributed by atoms with Gasteiger partial charge in [0.05, 0.1) is 41.1 Å². The van der Waals surface area contributed by atoms with Gasteiger partial charge in [0.2, 0.25) is 0 Å². The van der Waals surface area contributed by atoms with Crippen molar-refractivity contribution < 1.29 is 36.2 Å². The molecule has 7 nitrogen and oxygen atoms in total. The quantitative estimate of drug-likeness (QED) is 0.464. The maximum atomic E-state index is 13.0. The molecule has 0 spiro atoms. The molecular weight excluding hydrogens is 509 g/mol. The highest BCUT2D eigenvalue weighted by Crippen LogP contribution is 2.38. The van der Waals surface area contributed by atoms with E-state index in [0.29, 0.717) is 35.8 Å². The molecule has 3 aromatic carbocycles. The number of hydrogen-bond acceptors (Lipinski definition) is 6. The number of sulfone groups is 1. The molecule has 0 saturated carbocycles. The van der Waals surface area contributed by atoms with Crippen molar-refractivity contribution in [2.75, 3.05) is 30.4 Å². The minimum Gasteiger partial charge on any atom is -0.490 e. The molecule has 0 aliphatic carbocycles. The van der Waals surface area contributed by atoms with Gasteiger partial charge in [-0.3, -0.25) is 4.79 Å². The second-order valence-electron chi connectivity index (χ2n) is 8.41. The van der Waals surface area contributed by atoms with Gasteiger partial charge in [0.1, 0.15) is 12.4 Å². The Morgan fingerprint density at radius 2 is 1.76 bits per heavy atom. The predicted molar refractivity (Wildman–Crippen MR) is 132 cm³/mol. The van der Waals surface area contributed by atoms with Crippen molar-refractivity contribution >= 4 is 27.1 Å². The summed E-state index contributed by atoms with van der Waals surface area (Å²) in [5.74, 6) is -0.0583. The molecule has 0 fully saturated rings. The monoisotopic (exact) mass is 534 g/mol. The molecular formula is C26H25F3N2O5S. The van der Waals surface area contributed by atoms with E-state index in [1.54, 1.807) is 30.0 Å². The van der Waals surface area contributed by atoms with Crippen LogP contribution < -0.4 is 15.0 Å². The van der Waals surface area contributed by atoms with Crippen LogP contribution in [0.25, 0.3) is 0 Å². The summed E-state index contributed by atoms with van der Waals surface area (Å²) in [6, 6.07) is 14.6. The largest absolute Gasteiger partial charge is 0.490 e. The molecule has 2 N–H and O–H groups in total. The van der Waals surface area contributed by atoms with Gasteiger partial charge < -0.3 is 20.1 Å². The van der Waals surface area contributed by atoms with Crippen molar-refractivity contribution in [3.63, 3.8) is 0 Å². The smallest absolute Gasteiger partial charge is 0.416 e. The number of anilines is 2.